The fraction of sp³-hybridized carbons (Fsp3) is 0.250. The van der Waals surface area contributed by atoms with E-state index in [1.807, 2.05) is 12.2 Å². The highest BCUT2D eigenvalue weighted by Gasteiger charge is 2.59. The van der Waals surface area contributed by atoms with Crippen LogP contribution in [0.25, 0.3) is 11.3 Å². The Bertz CT molecular complexity index is 1020. The molecule has 1 aliphatic heterocycles. The molecule has 2 amide bonds. The first-order valence-corrected chi connectivity index (χ1v) is 8.98. The number of nitrogens with zero attached hydrogens (tertiary/aromatic N) is 3. The zero-order valence-corrected chi connectivity index (χ0v) is 14.6. The lowest BCUT2D eigenvalue weighted by Crippen LogP contribution is -2.28. The summed E-state index contributed by atoms with van der Waals surface area (Å²) in [6, 6.07) is 9.35. The zero-order valence-electron chi connectivity index (χ0n) is 14.6. The van der Waals surface area contributed by atoms with Gasteiger partial charge in [-0.2, -0.15) is 10.1 Å². The topological polar surface area (TPSA) is 106 Å². The summed E-state index contributed by atoms with van der Waals surface area (Å²) in [4.78, 5) is 35.5. The van der Waals surface area contributed by atoms with Gasteiger partial charge in [0.05, 0.1) is 23.0 Å². The highest BCUT2D eigenvalue weighted by Crippen LogP contribution is 2.52. The monoisotopic (exact) mass is 377 g/mol. The second-order valence-corrected chi connectivity index (χ2v) is 7.24. The number of amides is 2. The van der Waals surface area contributed by atoms with E-state index in [9.17, 15) is 19.7 Å². The minimum Gasteiger partial charge on any atom is -0.455 e. The molecule has 4 atom stereocenters. The second kappa shape index (κ2) is 5.98. The smallest absolute Gasteiger partial charge is 0.269 e. The van der Waals surface area contributed by atoms with Crippen LogP contribution in [0.5, 0.6) is 0 Å². The van der Waals surface area contributed by atoms with Crippen molar-refractivity contribution in [3.63, 3.8) is 0 Å². The Morgan fingerprint density at radius 1 is 1.04 bits per heavy atom. The fourth-order valence-corrected chi connectivity index (χ4v) is 4.44. The van der Waals surface area contributed by atoms with Crippen LogP contribution in [-0.4, -0.2) is 28.0 Å². The van der Waals surface area contributed by atoms with Gasteiger partial charge in [0, 0.05) is 17.7 Å². The minimum atomic E-state index is -0.467. The Morgan fingerprint density at radius 3 is 2.29 bits per heavy atom. The molecule has 3 aliphatic rings. The Morgan fingerprint density at radius 2 is 1.68 bits per heavy atom. The SMILES string of the molecule is O=C1C2C3C=CC(C3)C2C(=O)N1N=Cc1ccc(-c2ccc([N+](=O)[O-])cc2)o1. The van der Waals surface area contributed by atoms with Crippen LogP contribution in [0.2, 0.25) is 0 Å². The number of hydrazone groups is 1. The molecule has 8 nitrogen and oxygen atoms in total. The van der Waals surface area contributed by atoms with Gasteiger partial charge in [0.25, 0.3) is 17.5 Å². The molecule has 2 bridgehead atoms. The molecule has 8 heteroatoms. The van der Waals surface area contributed by atoms with E-state index < -0.39 is 4.92 Å². The van der Waals surface area contributed by atoms with Gasteiger partial charge in [0.15, 0.2) is 0 Å². The van der Waals surface area contributed by atoms with Crippen LogP contribution in [0.3, 0.4) is 0 Å². The highest BCUT2D eigenvalue weighted by atomic mass is 16.6. The van der Waals surface area contributed by atoms with Crippen molar-refractivity contribution in [2.24, 2.45) is 28.8 Å². The quantitative estimate of drug-likeness (QED) is 0.268. The average Bonchev–Trinajstić information content (AvgIpc) is 3.46. The normalized spacial score (nSPS) is 27.9. The van der Waals surface area contributed by atoms with E-state index in [0.29, 0.717) is 17.1 Å². The first kappa shape index (κ1) is 16.6. The third-order valence-corrected chi connectivity index (χ3v) is 5.74. The third-order valence-electron chi connectivity index (χ3n) is 5.74. The molecule has 2 heterocycles. The summed E-state index contributed by atoms with van der Waals surface area (Å²) in [5.41, 5.74) is 0.674. The van der Waals surface area contributed by atoms with E-state index in [2.05, 4.69) is 5.10 Å². The molecule has 2 fully saturated rings. The number of carbonyl (C=O) groups is 2. The standard InChI is InChI=1S/C20H15N3O5/c24-19-17-12-1-2-13(9-12)18(17)20(25)22(19)21-10-15-7-8-16(28-15)11-3-5-14(6-4-11)23(26)27/h1-8,10,12-13,17-18H,9H2. The molecule has 5 rings (SSSR count). The maximum atomic E-state index is 12.6. The summed E-state index contributed by atoms with van der Waals surface area (Å²) in [5.74, 6) is 0.115. The Labute approximate surface area is 159 Å². The molecule has 0 spiro atoms. The van der Waals surface area contributed by atoms with Gasteiger partial charge in [0.2, 0.25) is 0 Å². The largest absolute Gasteiger partial charge is 0.455 e. The number of benzene rings is 1. The molecule has 0 radical (unpaired) electrons. The van der Waals surface area contributed by atoms with E-state index in [-0.39, 0.29) is 41.2 Å². The number of nitro groups is 1. The van der Waals surface area contributed by atoms with Gasteiger partial charge in [0.1, 0.15) is 11.5 Å². The molecule has 1 saturated carbocycles. The fourth-order valence-electron chi connectivity index (χ4n) is 4.44. The molecule has 4 unspecified atom stereocenters. The molecular formula is C20H15N3O5. The molecule has 0 N–H and O–H groups in total. The first-order valence-electron chi connectivity index (χ1n) is 8.98. The van der Waals surface area contributed by atoms with E-state index in [4.69, 9.17) is 4.42 Å². The van der Waals surface area contributed by atoms with Crippen LogP contribution in [0.4, 0.5) is 5.69 Å². The molecule has 1 saturated heterocycles. The van der Waals surface area contributed by atoms with Crippen molar-refractivity contribution in [3.8, 4) is 11.3 Å². The number of hydrogen-bond donors (Lipinski definition) is 0. The summed E-state index contributed by atoms with van der Waals surface area (Å²) in [6.07, 6.45) is 6.29. The summed E-state index contributed by atoms with van der Waals surface area (Å²) in [6.45, 7) is 0. The molecule has 28 heavy (non-hydrogen) atoms. The minimum absolute atomic E-state index is 0.00263. The molecule has 140 valence electrons. The third kappa shape index (κ3) is 2.41. The average molecular weight is 377 g/mol. The van der Waals surface area contributed by atoms with Crippen molar-refractivity contribution in [2.45, 2.75) is 6.42 Å². The van der Waals surface area contributed by atoms with Gasteiger partial charge in [-0.05, 0) is 42.5 Å². The molecule has 2 aliphatic carbocycles. The van der Waals surface area contributed by atoms with E-state index in [1.54, 1.807) is 24.3 Å². The van der Waals surface area contributed by atoms with Crippen molar-refractivity contribution < 1.29 is 18.9 Å². The number of hydrogen-bond acceptors (Lipinski definition) is 6. The van der Waals surface area contributed by atoms with E-state index >= 15 is 0 Å². The molecule has 1 aromatic carbocycles. The Hall–Kier alpha value is -3.55. The number of allylic oxidation sites excluding steroid dienone is 2. The number of imide groups is 1. The summed E-state index contributed by atoms with van der Waals surface area (Å²) >= 11 is 0. The maximum absolute atomic E-state index is 12.6. The van der Waals surface area contributed by atoms with Crippen molar-refractivity contribution in [1.82, 2.24) is 5.01 Å². The number of fused-ring (bicyclic) bond motifs is 5. The lowest BCUT2D eigenvalue weighted by Gasteiger charge is -2.13. The number of carbonyl (C=O) groups excluding carboxylic acids is 2. The summed E-state index contributed by atoms with van der Waals surface area (Å²) < 4.78 is 5.67. The molecular weight excluding hydrogens is 362 g/mol. The van der Waals surface area contributed by atoms with Crippen molar-refractivity contribution in [1.29, 1.82) is 0 Å². The predicted octanol–water partition coefficient (Wildman–Crippen LogP) is 3.00. The lowest BCUT2D eigenvalue weighted by molar-refractivity contribution is -0.384. The number of nitro benzene ring substituents is 1. The zero-order chi connectivity index (χ0) is 19.4. The number of non-ortho nitro benzene ring substituents is 1. The lowest BCUT2D eigenvalue weighted by atomic mass is 9.85. The van der Waals surface area contributed by atoms with E-state index in [1.165, 1.54) is 18.3 Å². The number of rotatable bonds is 4. The van der Waals surface area contributed by atoms with Gasteiger partial charge in [-0.25, -0.2) is 0 Å². The van der Waals surface area contributed by atoms with Crippen LogP contribution in [0.15, 0.2) is 58.1 Å². The predicted molar refractivity (Wildman–Crippen MR) is 98.0 cm³/mol. The summed E-state index contributed by atoms with van der Waals surface area (Å²) in [5, 5.41) is 15.8. The van der Waals surface area contributed by atoms with Crippen LogP contribution in [0.1, 0.15) is 12.2 Å². The van der Waals surface area contributed by atoms with Gasteiger partial charge in [-0.1, -0.05) is 12.2 Å². The molecule has 2 aromatic rings. The van der Waals surface area contributed by atoms with Crippen LogP contribution < -0.4 is 0 Å². The Balaban J connectivity index is 1.33. The van der Waals surface area contributed by atoms with Crippen molar-refractivity contribution in [2.75, 3.05) is 0 Å². The maximum Gasteiger partial charge on any atom is 0.269 e. The van der Waals surface area contributed by atoms with Crippen molar-refractivity contribution in [3.05, 3.63) is 64.4 Å². The molecule has 1 aromatic heterocycles. The van der Waals surface area contributed by atoms with Gasteiger partial charge >= 0.3 is 0 Å². The van der Waals surface area contributed by atoms with Gasteiger partial charge in [-0.3, -0.25) is 19.7 Å². The van der Waals surface area contributed by atoms with Crippen LogP contribution >= 0.6 is 0 Å². The van der Waals surface area contributed by atoms with Gasteiger partial charge < -0.3 is 4.42 Å². The Kier molecular flexibility index (Phi) is 3.55. The van der Waals surface area contributed by atoms with Crippen molar-refractivity contribution >= 4 is 23.7 Å². The highest BCUT2D eigenvalue weighted by molar-refractivity contribution is 6.06. The second-order valence-electron chi connectivity index (χ2n) is 7.24. The van der Waals surface area contributed by atoms with Crippen LogP contribution in [-0.2, 0) is 9.59 Å². The van der Waals surface area contributed by atoms with E-state index in [0.717, 1.165) is 11.4 Å². The summed E-state index contributed by atoms with van der Waals surface area (Å²) in [7, 11) is 0. The van der Waals surface area contributed by atoms with Crippen LogP contribution in [0, 0.1) is 33.8 Å². The van der Waals surface area contributed by atoms with Gasteiger partial charge in [-0.15, -0.1) is 0 Å². The number of furan rings is 1. The first-order chi connectivity index (χ1) is 13.5.